The normalized spacial score (nSPS) is 19.3. The summed E-state index contributed by atoms with van der Waals surface area (Å²) >= 11 is 0. The van der Waals surface area contributed by atoms with Gasteiger partial charge in [0.05, 0.1) is 11.8 Å². The van der Waals surface area contributed by atoms with Gasteiger partial charge in [0, 0.05) is 57.4 Å². The third-order valence-corrected chi connectivity index (χ3v) is 3.45. The van der Waals surface area contributed by atoms with Crippen molar-refractivity contribution in [3.05, 3.63) is 18.0 Å². The van der Waals surface area contributed by atoms with Crippen LogP contribution in [0.25, 0.3) is 0 Å². The predicted octanol–water partition coefficient (Wildman–Crippen LogP) is 0.876. The van der Waals surface area contributed by atoms with E-state index in [0.29, 0.717) is 19.8 Å². The van der Waals surface area contributed by atoms with Crippen LogP contribution in [-0.2, 0) is 17.8 Å². The zero-order chi connectivity index (χ0) is 13.0. The van der Waals surface area contributed by atoms with E-state index in [2.05, 4.69) is 23.1 Å². The number of hydrogen-bond donors (Lipinski definition) is 1. The van der Waals surface area contributed by atoms with Crippen LogP contribution in [0, 0.1) is 0 Å². The monoisotopic (exact) mass is 253 g/mol. The average Bonchev–Trinajstić information content (AvgIpc) is 2.76. The molecular weight excluding hydrogens is 230 g/mol. The molecule has 102 valence electrons. The van der Waals surface area contributed by atoms with Gasteiger partial charge in [-0.15, -0.1) is 0 Å². The Morgan fingerprint density at radius 2 is 2.22 bits per heavy atom. The van der Waals surface area contributed by atoms with E-state index in [-0.39, 0.29) is 0 Å². The molecule has 0 bridgehead atoms. The number of likely N-dealkylation sites (N-methyl/N-ethyl adjacent to an activating group) is 1. The van der Waals surface area contributed by atoms with Crippen LogP contribution < -0.4 is 0 Å². The van der Waals surface area contributed by atoms with Crippen LogP contribution in [0.4, 0.5) is 0 Å². The number of hydrogen-bond acceptors (Lipinski definition) is 4. The van der Waals surface area contributed by atoms with Crippen molar-refractivity contribution in [2.75, 3.05) is 26.8 Å². The van der Waals surface area contributed by atoms with Gasteiger partial charge in [-0.25, -0.2) is 0 Å². The Balaban J connectivity index is 1.85. The Morgan fingerprint density at radius 3 is 2.83 bits per heavy atom. The van der Waals surface area contributed by atoms with Crippen LogP contribution in [0.1, 0.15) is 25.3 Å². The number of nitrogens with zero attached hydrogens (tertiary/aromatic N) is 3. The summed E-state index contributed by atoms with van der Waals surface area (Å²) in [6.45, 7) is 5.81. The Labute approximate surface area is 108 Å². The molecule has 0 amide bonds. The maximum absolute atomic E-state index is 10.4. The number of aliphatic hydroxyl groups is 1. The first-order valence-corrected chi connectivity index (χ1v) is 6.61. The van der Waals surface area contributed by atoms with Gasteiger partial charge in [-0.3, -0.25) is 9.58 Å². The van der Waals surface area contributed by atoms with Crippen molar-refractivity contribution in [3.63, 3.8) is 0 Å². The zero-order valence-corrected chi connectivity index (χ0v) is 11.3. The van der Waals surface area contributed by atoms with Crippen molar-refractivity contribution >= 4 is 0 Å². The van der Waals surface area contributed by atoms with Gasteiger partial charge in [0.2, 0.25) is 0 Å². The quantitative estimate of drug-likeness (QED) is 0.846. The molecular formula is C13H23N3O2. The highest BCUT2D eigenvalue weighted by Crippen LogP contribution is 2.21. The van der Waals surface area contributed by atoms with Crippen molar-refractivity contribution in [2.45, 2.75) is 38.5 Å². The first-order valence-electron chi connectivity index (χ1n) is 6.61. The molecule has 0 saturated carbocycles. The molecule has 1 aliphatic rings. The summed E-state index contributed by atoms with van der Waals surface area (Å²) in [4.78, 5) is 2.16. The van der Waals surface area contributed by atoms with Crippen LogP contribution in [0.3, 0.4) is 0 Å². The highest BCUT2D eigenvalue weighted by atomic mass is 16.5. The number of aryl methyl sites for hydroxylation is 1. The minimum Gasteiger partial charge on any atom is -0.388 e. The van der Waals surface area contributed by atoms with Crippen molar-refractivity contribution < 1.29 is 9.84 Å². The third kappa shape index (κ3) is 3.54. The molecule has 1 aromatic heterocycles. The van der Waals surface area contributed by atoms with Gasteiger partial charge in [-0.2, -0.15) is 5.10 Å². The highest BCUT2D eigenvalue weighted by molar-refractivity contribution is 5.03. The van der Waals surface area contributed by atoms with E-state index in [1.54, 1.807) is 0 Å². The highest BCUT2D eigenvalue weighted by Gasteiger charge is 2.30. The molecule has 0 spiro atoms. The second-order valence-electron chi connectivity index (χ2n) is 5.21. The van der Waals surface area contributed by atoms with Gasteiger partial charge in [-0.05, 0) is 14.0 Å². The summed E-state index contributed by atoms with van der Waals surface area (Å²) in [6, 6.07) is 0. The second-order valence-corrected chi connectivity index (χ2v) is 5.21. The smallest absolute Gasteiger partial charge is 0.0817 e. The lowest BCUT2D eigenvalue weighted by Gasteiger charge is -2.35. The van der Waals surface area contributed by atoms with Gasteiger partial charge >= 0.3 is 0 Å². The van der Waals surface area contributed by atoms with Crippen LogP contribution in [0.2, 0.25) is 0 Å². The lowest BCUT2D eigenvalue weighted by molar-refractivity contribution is -0.0777. The Morgan fingerprint density at radius 1 is 1.50 bits per heavy atom. The Hall–Kier alpha value is -0.910. The molecule has 0 atom stereocenters. The van der Waals surface area contributed by atoms with Crippen LogP contribution >= 0.6 is 0 Å². The first kappa shape index (κ1) is 13.5. The summed E-state index contributed by atoms with van der Waals surface area (Å²) in [5, 5.41) is 14.7. The number of ether oxygens (including phenoxy) is 1. The van der Waals surface area contributed by atoms with Crippen molar-refractivity contribution in [2.24, 2.45) is 0 Å². The number of aromatic nitrogens is 2. The third-order valence-electron chi connectivity index (χ3n) is 3.45. The molecule has 5 heteroatoms. The van der Waals surface area contributed by atoms with Crippen LogP contribution in [0.5, 0.6) is 0 Å². The van der Waals surface area contributed by atoms with Crippen LogP contribution in [0.15, 0.2) is 12.4 Å². The zero-order valence-electron chi connectivity index (χ0n) is 11.3. The van der Waals surface area contributed by atoms with Crippen LogP contribution in [-0.4, -0.2) is 52.2 Å². The average molecular weight is 253 g/mol. The van der Waals surface area contributed by atoms with E-state index < -0.39 is 5.60 Å². The predicted molar refractivity (Wildman–Crippen MR) is 69.2 cm³/mol. The minimum atomic E-state index is -0.590. The summed E-state index contributed by atoms with van der Waals surface area (Å²) in [5.74, 6) is 0. The maximum atomic E-state index is 10.4. The summed E-state index contributed by atoms with van der Waals surface area (Å²) in [7, 11) is 2.04. The van der Waals surface area contributed by atoms with Gasteiger partial charge < -0.3 is 9.84 Å². The molecule has 1 aliphatic heterocycles. The van der Waals surface area contributed by atoms with E-state index in [0.717, 1.165) is 25.9 Å². The molecule has 0 aliphatic carbocycles. The number of rotatable bonds is 5. The molecule has 1 N–H and O–H groups in total. The lowest BCUT2D eigenvalue weighted by Crippen LogP contribution is -2.45. The molecule has 5 nitrogen and oxygen atoms in total. The maximum Gasteiger partial charge on any atom is 0.0817 e. The van der Waals surface area contributed by atoms with E-state index in [9.17, 15) is 5.11 Å². The van der Waals surface area contributed by atoms with E-state index >= 15 is 0 Å². The van der Waals surface area contributed by atoms with Gasteiger partial charge in [-0.1, -0.05) is 0 Å². The molecule has 18 heavy (non-hydrogen) atoms. The molecule has 1 saturated heterocycles. The lowest BCUT2D eigenvalue weighted by atomic mass is 9.94. The Kier molecular flexibility index (Phi) is 4.37. The molecule has 1 aromatic rings. The van der Waals surface area contributed by atoms with Gasteiger partial charge in [0.1, 0.15) is 0 Å². The molecule has 0 unspecified atom stereocenters. The fourth-order valence-corrected chi connectivity index (χ4v) is 2.44. The van der Waals surface area contributed by atoms with Gasteiger partial charge in [0.15, 0.2) is 0 Å². The van der Waals surface area contributed by atoms with E-state index in [4.69, 9.17) is 4.74 Å². The minimum absolute atomic E-state index is 0.590. The van der Waals surface area contributed by atoms with E-state index in [1.807, 2.05) is 17.9 Å². The molecule has 1 fully saturated rings. The Bertz CT molecular complexity index is 372. The summed E-state index contributed by atoms with van der Waals surface area (Å²) in [6.07, 6.45) is 5.41. The topological polar surface area (TPSA) is 50.5 Å². The molecule has 2 heterocycles. The summed E-state index contributed by atoms with van der Waals surface area (Å²) < 4.78 is 7.21. The van der Waals surface area contributed by atoms with Crippen molar-refractivity contribution in [3.8, 4) is 0 Å². The van der Waals surface area contributed by atoms with E-state index in [1.165, 1.54) is 5.56 Å². The standard InChI is InChI=1S/C13H23N3O2/c1-3-16-10-12(8-14-16)9-15(2)11-13(17)4-6-18-7-5-13/h8,10,17H,3-7,9,11H2,1-2H3. The van der Waals surface area contributed by atoms with Crippen molar-refractivity contribution in [1.82, 2.24) is 14.7 Å². The largest absolute Gasteiger partial charge is 0.388 e. The van der Waals surface area contributed by atoms with Gasteiger partial charge in [0.25, 0.3) is 0 Å². The second kappa shape index (κ2) is 5.82. The SMILES string of the molecule is CCn1cc(CN(C)CC2(O)CCOCC2)cn1. The molecule has 0 aromatic carbocycles. The fourth-order valence-electron chi connectivity index (χ4n) is 2.44. The molecule has 0 radical (unpaired) electrons. The van der Waals surface area contributed by atoms with Crippen molar-refractivity contribution in [1.29, 1.82) is 0 Å². The summed E-state index contributed by atoms with van der Waals surface area (Å²) in [5.41, 5.74) is 0.600. The first-order chi connectivity index (χ1) is 8.61. The fraction of sp³-hybridized carbons (Fsp3) is 0.769. The molecule has 2 rings (SSSR count).